The van der Waals surface area contributed by atoms with Gasteiger partial charge in [0.05, 0.1) is 11.5 Å². The topological polar surface area (TPSA) is 68.2 Å². The second-order valence-corrected chi connectivity index (χ2v) is 8.16. The lowest BCUT2D eigenvalue weighted by Crippen LogP contribution is -2.34. The first kappa shape index (κ1) is 22.5. The maximum atomic E-state index is 12.1. The van der Waals surface area contributed by atoms with Crippen molar-refractivity contribution in [3.05, 3.63) is 48.0 Å². The molecule has 0 unspecified atom stereocenters. The van der Waals surface area contributed by atoms with Crippen molar-refractivity contribution in [1.82, 2.24) is 14.9 Å². The Hall–Kier alpha value is -1.76. The smallest absolute Gasteiger partial charge is 0.312 e. The molecule has 2 N–H and O–H groups in total. The molecule has 0 amide bonds. The number of hydrogen-bond donors (Lipinski definition) is 2. The van der Waals surface area contributed by atoms with Crippen LogP contribution in [0, 0.1) is 11.3 Å². The zero-order valence-electron chi connectivity index (χ0n) is 16.3. The predicted octanol–water partition coefficient (Wildman–Crippen LogP) is 4.09. The van der Waals surface area contributed by atoms with Gasteiger partial charge >= 0.3 is 5.97 Å². The normalized spacial score (nSPS) is 22.8. The molecule has 6 nitrogen and oxygen atoms in total. The van der Waals surface area contributed by atoms with Crippen LogP contribution in [-0.2, 0) is 16.3 Å². The van der Waals surface area contributed by atoms with Gasteiger partial charge in [0.15, 0.2) is 6.73 Å². The fraction of sp³-hybridized carbons (Fsp3) is 0.500. The molecule has 3 atom stereocenters. The van der Waals surface area contributed by atoms with Crippen LogP contribution >= 0.6 is 24.8 Å². The zero-order chi connectivity index (χ0) is 18.3. The largest absolute Gasteiger partial charge is 0.443 e. The van der Waals surface area contributed by atoms with Crippen LogP contribution in [0.1, 0.15) is 50.7 Å². The molecule has 154 valence electrons. The van der Waals surface area contributed by atoms with Crippen molar-refractivity contribution >= 4 is 36.5 Å². The summed E-state index contributed by atoms with van der Waals surface area (Å²) in [6, 6.07) is 8.87. The van der Waals surface area contributed by atoms with E-state index in [1.807, 2.05) is 31.5 Å². The van der Waals surface area contributed by atoms with Crippen molar-refractivity contribution in [3.8, 4) is 0 Å². The number of nitrogens with zero attached hydrogens (tertiary/aromatic N) is 2. The van der Waals surface area contributed by atoms with Gasteiger partial charge in [0, 0.05) is 30.0 Å². The van der Waals surface area contributed by atoms with E-state index >= 15 is 0 Å². The lowest BCUT2D eigenvalue weighted by atomic mass is 9.83. The Morgan fingerprint density at radius 1 is 1.25 bits per heavy atom. The molecule has 0 spiro atoms. The fourth-order valence-electron chi connectivity index (χ4n) is 3.91. The summed E-state index contributed by atoms with van der Waals surface area (Å²) in [5.74, 6) is 1.13. The summed E-state index contributed by atoms with van der Waals surface area (Å²) < 4.78 is 7.44. The number of imidazole rings is 1. The van der Waals surface area contributed by atoms with Gasteiger partial charge in [-0.3, -0.25) is 9.36 Å². The van der Waals surface area contributed by atoms with Gasteiger partial charge in [0.1, 0.15) is 5.82 Å². The van der Waals surface area contributed by atoms with E-state index in [0.717, 1.165) is 24.5 Å². The molecule has 2 aliphatic rings. The fourth-order valence-corrected chi connectivity index (χ4v) is 3.91. The molecule has 2 aromatic rings. The lowest BCUT2D eigenvalue weighted by Gasteiger charge is -2.36. The molecular formula is C20H28Cl2N4O2. The molecule has 0 bridgehead atoms. The van der Waals surface area contributed by atoms with E-state index < -0.39 is 5.41 Å². The molecule has 1 aromatic carbocycles. The van der Waals surface area contributed by atoms with Crippen molar-refractivity contribution in [2.45, 2.75) is 46.0 Å². The van der Waals surface area contributed by atoms with Crippen molar-refractivity contribution < 1.29 is 9.53 Å². The lowest BCUT2D eigenvalue weighted by molar-refractivity contribution is -0.157. The number of esters is 1. The average molecular weight is 427 g/mol. The van der Waals surface area contributed by atoms with Crippen molar-refractivity contribution in [1.29, 1.82) is 0 Å². The Bertz CT molecular complexity index is 819. The van der Waals surface area contributed by atoms with Gasteiger partial charge in [-0.05, 0) is 45.4 Å². The predicted molar refractivity (Wildman–Crippen MR) is 114 cm³/mol. The number of halogens is 2. The molecule has 4 rings (SSSR count). The monoisotopic (exact) mass is 426 g/mol. The molecule has 2 aliphatic heterocycles. The standard InChI is InChI=1S/C20H26N4O2.2ClH/c1-20(2,3)19(25)26-12-24-11-10-22-18(24)17-14-8-9-21-16(14)13-6-4-5-7-15(13)23-17;;/h4-7,10-11,14,16-17,21,23H,8-9,12H2,1-3H3;2*1H/t14-,16-,17+;;/m0../s1. The molecule has 1 saturated heterocycles. The zero-order valence-corrected chi connectivity index (χ0v) is 18.0. The molecule has 0 radical (unpaired) electrons. The van der Waals surface area contributed by atoms with Crippen molar-refractivity contribution in [2.75, 3.05) is 11.9 Å². The number of rotatable bonds is 3. The quantitative estimate of drug-likeness (QED) is 0.723. The Balaban J connectivity index is 0.00000140. The van der Waals surface area contributed by atoms with Crippen LogP contribution in [0.2, 0.25) is 0 Å². The second kappa shape index (κ2) is 8.72. The van der Waals surface area contributed by atoms with Crippen molar-refractivity contribution in [3.63, 3.8) is 0 Å². The maximum Gasteiger partial charge on any atom is 0.312 e. The van der Waals surface area contributed by atoms with E-state index in [9.17, 15) is 4.79 Å². The third-order valence-corrected chi connectivity index (χ3v) is 5.28. The number of nitrogens with one attached hydrogen (secondary N) is 2. The van der Waals surface area contributed by atoms with E-state index in [1.54, 1.807) is 6.20 Å². The van der Waals surface area contributed by atoms with E-state index in [0.29, 0.717) is 12.0 Å². The number of hydrogen-bond acceptors (Lipinski definition) is 5. The summed E-state index contributed by atoms with van der Waals surface area (Å²) >= 11 is 0. The highest BCUT2D eigenvalue weighted by Gasteiger charge is 2.41. The number of carbonyl (C=O) groups excluding carboxylic acids is 1. The number of fused-ring (bicyclic) bond motifs is 3. The molecule has 0 saturated carbocycles. The molecule has 8 heteroatoms. The van der Waals surface area contributed by atoms with E-state index in [4.69, 9.17) is 4.74 Å². The highest BCUT2D eigenvalue weighted by atomic mass is 35.5. The summed E-state index contributed by atoms with van der Waals surface area (Å²) in [6.07, 6.45) is 4.75. The van der Waals surface area contributed by atoms with Crippen LogP contribution in [0.4, 0.5) is 5.69 Å². The van der Waals surface area contributed by atoms with Crippen molar-refractivity contribution in [2.24, 2.45) is 11.3 Å². The van der Waals surface area contributed by atoms with E-state index in [-0.39, 0.29) is 43.6 Å². The summed E-state index contributed by atoms with van der Waals surface area (Å²) in [4.78, 5) is 16.7. The van der Waals surface area contributed by atoms with E-state index in [1.165, 1.54) is 5.56 Å². The van der Waals surface area contributed by atoms with Gasteiger partial charge in [0.2, 0.25) is 0 Å². The summed E-state index contributed by atoms with van der Waals surface area (Å²) in [6.45, 7) is 6.77. The third-order valence-electron chi connectivity index (χ3n) is 5.28. The number of aromatic nitrogens is 2. The van der Waals surface area contributed by atoms with Gasteiger partial charge in [-0.1, -0.05) is 18.2 Å². The molecule has 1 fully saturated rings. The Morgan fingerprint density at radius 3 is 2.75 bits per heavy atom. The van der Waals surface area contributed by atoms with Crippen LogP contribution in [0.25, 0.3) is 0 Å². The van der Waals surface area contributed by atoms with Crippen LogP contribution in [0.15, 0.2) is 36.7 Å². The number of para-hydroxylation sites is 1. The first-order valence-electron chi connectivity index (χ1n) is 9.22. The Morgan fingerprint density at radius 2 is 2.00 bits per heavy atom. The van der Waals surface area contributed by atoms with Gasteiger partial charge in [0.25, 0.3) is 0 Å². The molecular weight excluding hydrogens is 399 g/mol. The first-order chi connectivity index (χ1) is 12.4. The van der Waals surface area contributed by atoms with E-state index in [2.05, 4.69) is 39.9 Å². The second-order valence-electron chi connectivity index (χ2n) is 8.16. The number of ether oxygens (including phenoxy) is 1. The van der Waals surface area contributed by atoms with Gasteiger partial charge in [-0.15, -0.1) is 24.8 Å². The van der Waals surface area contributed by atoms with Gasteiger partial charge in [-0.2, -0.15) is 0 Å². The van der Waals surface area contributed by atoms with Gasteiger partial charge in [-0.25, -0.2) is 4.98 Å². The maximum absolute atomic E-state index is 12.1. The molecule has 3 heterocycles. The molecule has 1 aromatic heterocycles. The van der Waals surface area contributed by atoms with Crippen LogP contribution in [0.3, 0.4) is 0 Å². The summed E-state index contributed by atoms with van der Waals surface area (Å²) in [5.41, 5.74) is 1.96. The number of benzene rings is 1. The minimum absolute atomic E-state index is 0. The first-order valence-corrected chi connectivity index (χ1v) is 9.22. The van der Waals surface area contributed by atoms with Crippen LogP contribution in [0.5, 0.6) is 0 Å². The molecule has 0 aliphatic carbocycles. The minimum atomic E-state index is -0.511. The highest BCUT2D eigenvalue weighted by molar-refractivity contribution is 5.85. The average Bonchev–Trinajstić information content (AvgIpc) is 3.27. The van der Waals surface area contributed by atoms with Crippen LogP contribution in [-0.4, -0.2) is 22.1 Å². The molecule has 28 heavy (non-hydrogen) atoms. The Kier molecular flexibility index (Phi) is 7.02. The minimum Gasteiger partial charge on any atom is -0.443 e. The van der Waals surface area contributed by atoms with Crippen LogP contribution < -0.4 is 10.6 Å². The third kappa shape index (κ3) is 4.14. The highest BCUT2D eigenvalue weighted by Crippen LogP contribution is 2.46. The SMILES string of the molecule is CC(C)(C)C(=O)OCn1ccnc1[C@@H]1Nc2ccccc2[C@@H]2NCC[C@@H]21.Cl.Cl. The number of carbonyl (C=O) groups is 1. The summed E-state index contributed by atoms with van der Waals surface area (Å²) in [7, 11) is 0. The Labute approximate surface area is 178 Å². The number of anilines is 1. The summed E-state index contributed by atoms with van der Waals surface area (Å²) in [5, 5.41) is 7.30. The van der Waals surface area contributed by atoms with Gasteiger partial charge < -0.3 is 15.4 Å².